The van der Waals surface area contributed by atoms with E-state index in [4.69, 9.17) is 5.73 Å². The fourth-order valence-electron chi connectivity index (χ4n) is 1.76. The van der Waals surface area contributed by atoms with Gasteiger partial charge in [-0.2, -0.15) is 0 Å². The van der Waals surface area contributed by atoms with Gasteiger partial charge in [0.15, 0.2) is 11.5 Å². The number of nitrogen functional groups attached to an aromatic ring is 1. The van der Waals surface area contributed by atoms with Crippen molar-refractivity contribution in [2.75, 3.05) is 11.1 Å². The summed E-state index contributed by atoms with van der Waals surface area (Å²) in [5.74, 6) is -0.637. The van der Waals surface area contributed by atoms with Gasteiger partial charge in [0, 0.05) is 18.5 Å². The highest BCUT2D eigenvalue weighted by molar-refractivity contribution is 5.71. The molecular weight excluding hydrogens is 252 g/mol. The molecule has 0 amide bonds. The van der Waals surface area contributed by atoms with Crippen molar-refractivity contribution in [3.05, 3.63) is 48.4 Å². The number of fused-ring (bicyclic) bond motifs is 1. The molecule has 0 bridgehead atoms. The first-order valence-electron chi connectivity index (χ1n) is 5.45. The summed E-state index contributed by atoms with van der Waals surface area (Å²) in [4.78, 5) is 8.11. The van der Waals surface area contributed by atoms with E-state index >= 15 is 0 Å². The molecule has 0 spiro atoms. The van der Waals surface area contributed by atoms with E-state index < -0.39 is 11.6 Å². The summed E-state index contributed by atoms with van der Waals surface area (Å²) in [5, 5.41) is 2.69. The Bertz CT molecular complexity index is 753. The molecule has 3 aromatic rings. The monoisotopic (exact) mass is 261 g/mol. The van der Waals surface area contributed by atoms with Crippen molar-refractivity contribution in [2.45, 2.75) is 0 Å². The van der Waals surface area contributed by atoms with E-state index in [1.54, 1.807) is 23.0 Å². The van der Waals surface area contributed by atoms with E-state index in [1.165, 1.54) is 0 Å². The lowest BCUT2D eigenvalue weighted by Gasteiger charge is -2.08. The Kier molecular flexibility index (Phi) is 2.52. The lowest BCUT2D eigenvalue weighted by atomic mass is 10.3. The Morgan fingerprint density at radius 1 is 1.26 bits per heavy atom. The largest absolute Gasteiger partial charge is 0.382 e. The van der Waals surface area contributed by atoms with Crippen LogP contribution in [-0.2, 0) is 0 Å². The number of halogens is 2. The number of hydrogen-bond acceptors (Lipinski definition) is 4. The molecule has 0 saturated carbocycles. The Hall–Kier alpha value is -2.70. The topological polar surface area (TPSA) is 68.2 Å². The summed E-state index contributed by atoms with van der Waals surface area (Å²) in [7, 11) is 0. The average molecular weight is 261 g/mol. The molecule has 0 fully saturated rings. The molecule has 2 aromatic heterocycles. The van der Waals surface area contributed by atoms with E-state index in [2.05, 4.69) is 15.3 Å². The standard InChI is InChI=1S/C12H9F2N5/c13-7-1-2-8(14)9(5-7)17-11-12-16-3-4-19(12)6-10(15)18-11/h1-6H,15H2,(H,17,18). The Morgan fingerprint density at radius 3 is 2.95 bits per heavy atom. The van der Waals surface area contributed by atoms with Crippen LogP contribution < -0.4 is 11.1 Å². The highest BCUT2D eigenvalue weighted by Crippen LogP contribution is 2.23. The van der Waals surface area contributed by atoms with Crippen LogP contribution >= 0.6 is 0 Å². The van der Waals surface area contributed by atoms with Crippen LogP contribution in [0.25, 0.3) is 5.65 Å². The lowest BCUT2D eigenvalue weighted by Crippen LogP contribution is -2.03. The quantitative estimate of drug-likeness (QED) is 0.743. The number of hydrogen-bond donors (Lipinski definition) is 2. The predicted molar refractivity (Wildman–Crippen MR) is 67.0 cm³/mol. The van der Waals surface area contributed by atoms with Gasteiger partial charge < -0.3 is 15.5 Å². The molecule has 0 aliphatic carbocycles. The zero-order valence-electron chi connectivity index (χ0n) is 9.64. The molecular formula is C12H9F2N5. The molecule has 0 aliphatic heterocycles. The molecule has 0 atom stereocenters. The van der Waals surface area contributed by atoms with Gasteiger partial charge in [-0.25, -0.2) is 18.7 Å². The number of rotatable bonds is 2. The summed E-state index contributed by atoms with van der Waals surface area (Å²) in [6, 6.07) is 3.12. The molecule has 5 nitrogen and oxygen atoms in total. The SMILES string of the molecule is Nc1cn2ccnc2c(Nc2cc(F)ccc2F)n1. The van der Waals surface area contributed by atoms with Gasteiger partial charge in [0.25, 0.3) is 0 Å². The predicted octanol–water partition coefficient (Wildman–Crippen LogP) is 2.33. The summed E-state index contributed by atoms with van der Waals surface area (Å²) in [6.45, 7) is 0. The summed E-state index contributed by atoms with van der Waals surface area (Å²) < 4.78 is 28.3. The van der Waals surface area contributed by atoms with Crippen molar-refractivity contribution in [3.8, 4) is 0 Å². The van der Waals surface area contributed by atoms with Crippen LogP contribution in [0.1, 0.15) is 0 Å². The van der Waals surface area contributed by atoms with Crippen LogP contribution in [0.5, 0.6) is 0 Å². The fourth-order valence-corrected chi connectivity index (χ4v) is 1.76. The number of nitrogens with one attached hydrogen (secondary N) is 1. The first kappa shape index (κ1) is 11.4. The molecule has 7 heteroatoms. The van der Waals surface area contributed by atoms with Crippen LogP contribution in [-0.4, -0.2) is 14.4 Å². The van der Waals surface area contributed by atoms with Crippen LogP contribution in [0.15, 0.2) is 36.8 Å². The maximum Gasteiger partial charge on any atom is 0.180 e. The minimum atomic E-state index is -0.588. The molecule has 2 heterocycles. The van der Waals surface area contributed by atoms with E-state index in [-0.39, 0.29) is 17.3 Å². The first-order valence-corrected chi connectivity index (χ1v) is 5.45. The zero-order chi connectivity index (χ0) is 13.4. The Balaban J connectivity index is 2.10. The van der Waals surface area contributed by atoms with Crippen molar-refractivity contribution in [3.63, 3.8) is 0 Å². The van der Waals surface area contributed by atoms with E-state index in [0.717, 1.165) is 18.2 Å². The number of nitrogens with zero attached hydrogens (tertiary/aromatic N) is 3. The van der Waals surface area contributed by atoms with Gasteiger partial charge in [0.2, 0.25) is 0 Å². The molecule has 0 saturated heterocycles. The summed E-state index contributed by atoms with van der Waals surface area (Å²) >= 11 is 0. The third-order valence-electron chi connectivity index (χ3n) is 2.57. The van der Waals surface area contributed by atoms with E-state index in [1.807, 2.05) is 0 Å². The highest BCUT2D eigenvalue weighted by Gasteiger charge is 2.10. The second-order valence-electron chi connectivity index (χ2n) is 3.92. The number of aromatic nitrogens is 3. The zero-order valence-corrected chi connectivity index (χ0v) is 9.64. The summed E-state index contributed by atoms with van der Waals surface area (Å²) in [5.41, 5.74) is 6.08. The van der Waals surface area contributed by atoms with E-state index in [0.29, 0.717) is 5.65 Å². The molecule has 3 N–H and O–H groups in total. The molecule has 3 rings (SSSR count). The van der Waals surface area contributed by atoms with Crippen LogP contribution in [0.2, 0.25) is 0 Å². The van der Waals surface area contributed by atoms with Crippen molar-refractivity contribution in [1.29, 1.82) is 0 Å². The lowest BCUT2D eigenvalue weighted by molar-refractivity contribution is 0.603. The number of anilines is 3. The van der Waals surface area contributed by atoms with Crippen molar-refractivity contribution < 1.29 is 8.78 Å². The molecule has 0 aliphatic rings. The smallest absolute Gasteiger partial charge is 0.180 e. The van der Waals surface area contributed by atoms with Gasteiger partial charge >= 0.3 is 0 Å². The van der Waals surface area contributed by atoms with Crippen molar-refractivity contribution in [2.24, 2.45) is 0 Å². The van der Waals surface area contributed by atoms with Gasteiger partial charge in [-0.3, -0.25) is 0 Å². The average Bonchev–Trinajstić information content (AvgIpc) is 2.82. The van der Waals surface area contributed by atoms with Gasteiger partial charge in [-0.15, -0.1) is 0 Å². The minimum absolute atomic E-state index is 0.0250. The minimum Gasteiger partial charge on any atom is -0.382 e. The van der Waals surface area contributed by atoms with Crippen LogP contribution in [0, 0.1) is 11.6 Å². The second-order valence-corrected chi connectivity index (χ2v) is 3.92. The van der Waals surface area contributed by atoms with Gasteiger partial charge in [0.05, 0.1) is 11.9 Å². The molecule has 0 unspecified atom stereocenters. The number of benzene rings is 1. The Morgan fingerprint density at radius 2 is 2.11 bits per heavy atom. The van der Waals surface area contributed by atoms with Crippen molar-refractivity contribution >= 4 is 23.0 Å². The third kappa shape index (κ3) is 2.05. The van der Waals surface area contributed by atoms with Crippen molar-refractivity contribution in [1.82, 2.24) is 14.4 Å². The van der Waals surface area contributed by atoms with Gasteiger partial charge in [-0.05, 0) is 12.1 Å². The van der Waals surface area contributed by atoms with Gasteiger partial charge in [-0.1, -0.05) is 0 Å². The molecule has 19 heavy (non-hydrogen) atoms. The Labute approximate surface area is 106 Å². The third-order valence-corrected chi connectivity index (χ3v) is 2.57. The number of nitrogens with two attached hydrogens (primary N) is 1. The molecule has 0 radical (unpaired) electrons. The normalized spacial score (nSPS) is 10.8. The maximum atomic E-state index is 13.6. The first-order chi connectivity index (χ1) is 9.13. The number of imidazole rings is 1. The summed E-state index contributed by atoms with van der Waals surface area (Å²) in [6.07, 6.45) is 4.82. The van der Waals surface area contributed by atoms with E-state index in [9.17, 15) is 8.78 Å². The van der Waals surface area contributed by atoms with Crippen LogP contribution in [0.3, 0.4) is 0 Å². The second kappa shape index (κ2) is 4.20. The highest BCUT2D eigenvalue weighted by atomic mass is 19.1. The maximum absolute atomic E-state index is 13.6. The van der Waals surface area contributed by atoms with Gasteiger partial charge in [0.1, 0.15) is 17.5 Å². The fraction of sp³-hybridized carbons (Fsp3) is 0. The molecule has 1 aromatic carbocycles. The van der Waals surface area contributed by atoms with Crippen LogP contribution in [0.4, 0.5) is 26.1 Å². The molecule has 96 valence electrons.